The first-order chi connectivity index (χ1) is 9.38. The van der Waals surface area contributed by atoms with E-state index >= 15 is 0 Å². The molecule has 0 aliphatic carbocycles. The van der Waals surface area contributed by atoms with Gasteiger partial charge in [-0.05, 0) is 30.2 Å². The molecule has 1 aromatic carbocycles. The van der Waals surface area contributed by atoms with Gasteiger partial charge in [0.2, 0.25) is 10.0 Å². The fraction of sp³-hybridized carbons (Fsp3) is 0.538. The molecule has 0 aromatic heterocycles. The number of rotatable bonds is 7. The van der Waals surface area contributed by atoms with Crippen LogP contribution in [-0.2, 0) is 20.6 Å². The number of hydrogen-bond acceptors (Lipinski definition) is 3. The summed E-state index contributed by atoms with van der Waals surface area (Å²) < 4.78 is 31.7. The van der Waals surface area contributed by atoms with Crippen molar-refractivity contribution in [2.45, 2.75) is 24.6 Å². The molecule has 0 aliphatic heterocycles. The van der Waals surface area contributed by atoms with Crippen LogP contribution in [0.3, 0.4) is 0 Å². The zero-order chi connectivity index (χ0) is 15.3. The molecule has 0 amide bonds. The first kappa shape index (κ1) is 17.7. The van der Waals surface area contributed by atoms with Gasteiger partial charge in [-0.15, -0.1) is 11.6 Å². The lowest BCUT2D eigenvalue weighted by Gasteiger charge is -2.22. The van der Waals surface area contributed by atoms with Crippen molar-refractivity contribution in [1.82, 2.24) is 4.31 Å². The molecule has 1 rings (SSSR count). The van der Waals surface area contributed by atoms with E-state index in [1.54, 1.807) is 19.9 Å². The van der Waals surface area contributed by atoms with Gasteiger partial charge in [0.05, 0.1) is 11.5 Å². The van der Waals surface area contributed by atoms with E-state index in [2.05, 4.69) is 0 Å². The molecule has 4 nitrogen and oxygen atoms in total. The monoisotopic (exact) mass is 339 g/mol. The van der Waals surface area contributed by atoms with Gasteiger partial charge in [-0.2, -0.15) is 4.31 Å². The summed E-state index contributed by atoms with van der Waals surface area (Å²) in [5.41, 5.74) is 1.36. The maximum absolute atomic E-state index is 12.7. The average molecular weight is 340 g/mol. The van der Waals surface area contributed by atoms with Crippen molar-refractivity contribution in [1.29, 1.82) is 0 Å². The number of benzene rings is 1. The van der Waals surface area contributed by atoms with Gasteiger partial charge in [0.25, 0.3) is 0 Å². The minimum absolute atomic E-state index is 0.207. The second-order valence-electron chi connectivity index (χ2n) is 4.31. The number of alkyl halides is 1. The van der Waals surface area contributed by atoms with Crippen LogP contribution in [0.1, 0.15) is 18.1 Å². The Hall–Kier alpha value is -0.330. The number of ether oxygens (including phenoxy) is 1. The molecular weight excluding hydrogens is 321 g/mol. The number of nitrogens with zero attached hydrogens (tertiary/aromatic N) is 1. The molecule has 0 radical (unpaired) electrons. The van der Waals surface area contributed by atoms with Gasteiger partial charge in [-0.3, -0.25) is 0 Å². The molecule has 0 N–H and O–H groups in total. The van der Waals surface area contributed by atoms with E-state index in [1.165, 1.54) is 17.5 Å². The molecule has 7 heteroatoms. The fourth-order valence-corrected chi connectivity index (χ4v) is 4.21. The van der Waals surface area contributed by atoms with Crippen LogP contribution >= 0.6 is 23.2 Å². The van der Waals surface area contributed by atoms with E-state index in [0.29, 0.717) is 30.3 Å². The summed E-state index contributed by atoms with van der Waals surface area (Å²) in [5, 5.41) is 0.368. The third kappa shape index (κ3) is 3.86. The van der Waals surface area contributed by atoms with E-state index in [9.17, 15) is 8.42 Å². The molecule has 0 saturated heterocycles. The molecule has 0 fully saturated rings. The van der Waals surface area contributed by atoms with Crippen LogP contribution in [-0.4, -0.2) is 39.5 Å². The number of likely N-dealkylation sites (N-methyl/N-ethyl adjacent to an activating group) is 1. The molecule has 0 spiro atoms. The lowest BCUT2D eigenvalue weighted by Crippen LogP contribution is -2.34. The van der Waals surface area contributed by atoms with Crippen LogP contribution in [0, 0.1) is 6.92 Å². The lowest BCUT2D eigenvalue weighted by atomic mass is 10.1. The third-order valence-corrected chi connectivity index (χ3v) is 5.70. The molecule has 0 unspecified atom stereocenters. The standard InChI is InChI=1S/C13H19Cl2NO3S/c1-4-16(5-6-19-3)20(17,18)13-8-12(15)7-11(9-14)10(13)2/h7-8H,4-6,9H2,1-3H3. The van der Waals surface area contributed by atoms with E-state index in [-0.39, 0.29) is 10.8 Å². The SMILES string of the molecule is CCN(CCOC)S(=O)(=O)c1cc(Cl)cc(CCl)c1C. The zero-order valence-electron chi connectivity index (χ0n) is 11.8. The van der Waals surface area contributed by atoms with E-state index in [0.717, 1.165) is 5.56 Å². The Morgan fingerprint density at radius 1 is 1.35 bits per heavy atom. The van der Waals surface area contributed by atoms with Crippen LogP contribution in [0.15, 0.2) is 17.0 Å². The molecule has 0 heterocycles. The Bertz CT molecular complexity index is 561. The van der Waals surface area contributed by atoms with Crippen LogP contribution < -0.4 is 0 Å². The lowest BCUT2D eigenvalue weighted by molar-refractivity contribution is 0.180. The van der Waals surface area contributed by atoms with Gasteiger partial charge in [0.15, 0.2) is 0 Å². The molecule has 0 atom stereocenters. The van der Waals surface area contributed by atoms with Gasteiger partial charge in [-0.25, -0.2) is 8.42 Å². The van der Waals surface area contributed by atoms with Crippen molar-refractivity contribution >= 4 is 33.2 Å². The largest absolute Gasteiger partial charge is 0.383 e. The third-order valence-electron chi connectivity index (χ3n) is 3.09. The van der Waals surface area contributed by atoms with Gasteiger partial charge >= 0.3 is 0 Å². The summed E-state index contributed by atoms with van der Waals surface area (Å²) in [6.07, 6.45) is 0. The van der Waals surface area contributed by atoms with Crippen molar-refractivity contribution in [3.8, 4) is 0 Å². The highest BCUT2D eigenvalue weighted by molar-refractivity contribution is 7.89. The van der Waals surface area contributed by atoms with Crippen LogP contribution in [0.2, 0.25) is 5.02 Å². The topological polar surface area (TPSA) is 46.6 Å². The minimum atomic E-state index is -3.60. The highest BCUT2D eigenvalue weighted by Crippen LogP contribution is 2.27. The summed E-state index contributed by atoms with van der Waals surface area (Å²) in [6.45, 7) is 4.54. The highest BCUT2D eigenvalue weighted by atomic mass is 35.5. The van der Waals surface area contributed by atoms with Gasteiger partial charge in [0, 0.05) is 31.1 Å². The Kier molecular flexibility index (Phi) is 6.75. The van der Waals surface area contributed by atoms with E-state index in [1.807, 2.05) is 0 Å². The Labute approximate surface area is 130 Å². The molecule has 20 heavy (non-hydrogen) atoms. The summed E-state index contributed by atoms with van der Waals surface area (Å²) >= 11 is 11.8. The molecule has 1 aromatic rings. The van der Waals surface area contributed by atoms with Crippen molar-refractivity contribution < 1.29 is 13.2 Å². The molecule has 0 saturated carbocycles. The van der Waals surface area contributed by atoms with Crippen LogP contribution in [0.4, 0.5) is 0 Å². The fourth-order valence-electron chi connectivity index (χ4n) is 1.90. The maximum atomic E-state index is 12.7. The zero-order valence-corrected chi connectivity index (χ0v) is 14.1. The first-order valence-corrected chi connectivity index (χ1v) is 8.57. The summed E-state index contributed by atoms with van der Waals surface area (Å²) in [7, 11) is -2.06. The van der Waals surface area contributed by atoms with Gasteiger partial charge < -0.3 is 4.74 Å². The minimum Gasteiger partial charge on any atom is -0.383 e. The van der Waals surface area contributed by atoms with E-state index in [4.69, 9.17) is 27.9 Å². The number of halogens is 2. The van der Waals surface area contributed by atoms with Crippen LogP contribution in [0.5, 0.6) is 0 Å². The summed E-state index contributed by atoms with van der Waals surface area (Å²) in [6, 6.07) is 3.16. The predicted molar refractivity (Wildman–Crippen MR) is 82.1 cm³/mol. The quantitative estimate of drug-likeness (QED) is 0.717. The highest BCUT2D eigenvalue weighted by Gasteiger charge is 2.26. The average Bonchev–Trinajstić information content (AvgIpc) is 2.41. The van der Waals surface area contributed by atoms with Gasteiger partial charge in [0.1, 0.15) is 0 Å². The molecule has 114 valence electrons. The normalized spacial score (nSPS) is 12.1. The number of hydrogen-bond donors (Lipinski definition) is 0. The summed E-state index contributed by atoms with van der Waals surface area (Å²) in [5.74, 6) is 0.221. The van der Waals surface area contributed by atoms with Gasteiger partial charge in [-0.1, -0.05) is 18.5 Å². The predicted octanol–water partition coefficient (Wildman–Crippen LogP) is 3.04. The first-order valence-electron chi connectivity index (χ1n) is 6.22. The van der Waals surface area contributed by atoms with Crippen molar-refractivity contribution in [3.05, 3.63) is 28.3 Å². The number of sulfonamides is 1. The molecule has 0 aliphatic rings. The van der Waals surface area contributed by atoms with Crippen molar-refractivity contribution in [2.75, 3.05) is 26.8 Å². The Balaban J connectivity index is 3.30. The number of methoxy groups -OCH3 is 1. The second kappa shape index (κ2) is 7.61. The second-order valence-corrected chi connectivity index (χ2v) is 6.92. The van der Waals surface area contributed by atoms with Crippen molar-refractivity contribution in [2.24, 2.45) is 0 Å². The molecular formula is C13H19Cl2NO3S. The smallest absolute Gasteiger partial charge is 0.243 e. The Morgan fingerprint density at radius 2 is 2.00 bits per heavy atom. The molecule has 0 bridgehead atoms. The summed E-state index contributed by atoms with van der Waals surface area (Å²) in [4.78, 5) is 0.207. The van der Waals surface area contributed by atoms with Crippen LogP contribution in [0.25, 0.3) is 0 Å². The van der Waals surface area contributed by atoms with E-state index < -0.39 is 10.0 Å². The Morgan fingerprint density at radius 3 is 2.50 bits per heavy atom. The van der Waals surface area contributed by atoms with Crippen molar-refractivity contribution in [3.63, 3.8) is 0 Å². The maximum Gasteiger partial charge on any atom is 0.243 e.